The van der Waals surface area contributed by atoms with E-state index in [4.69, 9.17) is 0 Å². The van der Waals surface area contributed by atoms with Crippen LogP contribution in [0.2, 0.25) is 0 Å². The van der Waals surface area contributed by atoms with Crippen LogP contribution in [-0.2, 0) is 22.2 Å². The molecule has 5 nitrogen and oxygen atoms in total. The van der Waals surface area contributed by atoms with Crippen LogP contribution in [0.25, 0.3) is 10.9 Å². The third-order valence-corrected chi connectivity index (χ3v) is 3.95. The number of carbonyl (C=O) groups excluding carboxylic acids is 2. The molecule has 3 N–H and O–H groups in total. The minimum absolute atomic E-state index is 0.00412. The number of halogens is 3. The highest BCUT2D eigenvalue weighted by Gasteiger charge is 2.34. The van der Waals surface area contributed by atoms with Gasteiger partial charge in [0, 0.05) is 29.7 Å². The predicted molar refractivity (Wildman–Crippen MR) is 96.4 cm³/mol. The van der Waals surface area contributed by atoms with Gasteiger partial charge < -0.3 is 15.6 Å². The number of hydrogen-bond acceptors (Lipinski definition) is 2. The fraction of sp³-hybridized carbons (Fsp3) is 0.158. The summed E-state index contributed by atoms with van der Waals surface area (Å²) in [7, 11) is 0. The van der Waals surface area contributed by atoms with Crippen molar-refractivity contribution in [2.45, 2.75) is 19.5 Å². The Morgan fingerprint density at radius 3 is 2.52 bits per heavy atom. The number of rotatable bonds is 4. The lowest BCUT2D eigenvalue weighted by atomic mass is 10.1. The molecular formula is C19H16F3N3O2. The largest absolute Gasteiger partial charge is 0.418 e. The number of aromatic nitrogens is 1. The van der Waals surface area contributed by atoms with Crippen LogP contribution in [0, 0.1) is 0 Å². The summed E-state index contributed by atoms with van der Waals surface area (Å²) in [6, 6.07) is 10.6. The van der Waals surface area contributed by atoms with E-state index in [2.05, 4.69) is 15.6 Å². The maximum Gasteiger partial charge on any atom is 0.418 e. The van der Waals surface area contributed by atoms with Crippen LogP contribution in [0.4, 0.5) is 24.5 Å². The lowest BCUT2D eigenvalue weighted by Gasteiger charge is -2.15. The van der Waals surface area contributed by atoms with Gasteiger partial charge in [-0.05, 0) is 29.8 Å². The number of carbonyl (C=O) groups is 2. The Balaban J connectivity index is 1.83. The number of hydrogen-bond donors (Lipinski definition) is 3. The van der Waals surface area contributed by atoms with Crippen LogP contribution in [-0.4, -0.2) is 16.8 Å². The van der Waals surface area contributed by atoms with Crippen molar-refractivity contribution < 1.29 is 22.8 Å². The number of alkyl halides is 3. The number of anilines is 2. The van der Waals surface area contributed by atoms with Crippen LogP contribution >= 0.6 is 0 Å². The Hall–Kier alpha value is -3.29. The summed E-state index contributed by atoms with van der Waals surface area (Å²) in [4.78, 5) is 26.4. The van der Waals surface area contributed by atoms with Crippen molar-refractivity contribution >= 4 is 34.1 Å². The molecular weight excluding hydrogens is 359 g/mol. The fourth-order valence-corrected chi connectivity index (χ4v) is 2.81. The third kappa shape index (κ3) is 4.28. The average molecular weight is 375 g/mol. The van der Waals surface area contributed by atoms with Gasteiger partial charge in [0.2, 0.25) is 11.8 Å². The highest BCUT2D eigenvalue weighted by molar-refractivity contribution is 5.97. The molecule has 0 spiro atoms. The second-order valence-electron chi connectivity index (χ2n) is 6.02. The average Bonchev–Trinajstić information content (AvgIpc) is 2.98. The van der Waals surface area contributed by atoms with Gasteiger partial charge in [-0.1, -0.05) is 18.2 Å². The lowest BCUT2D eigenvalue weighted by Crippen LogP contribution is -2.18. The number of aromatic amines is 1. The molecule has 0 fully saturated rings. The van der Waals surface area contributed by atoms with E-state index in [1.807, 2.05) is 24.3 Å². The minimum atomic E-state index is -4.68. The van der Waals surface area contributed by atoms with Crippen LogP contribution in [0.1, 0.15) is 18.1 Å². The molecule has 0 aliphatic carbocycles. The number of nitrogens with one attached hydrogen (secondary N) is 3. The van der Waals surface area contributed by atoms with E-state index in [9.17, 15) is 22.8 Å². The monoisotopic (exact) mass is 375 g/mol. The Bertz CT molecular complexity index is 1010. The minimum Gasteiger partial charge on any atom is -0.361 e. The first-order valence-electron chi connectivity index (χ1n) is 8.08. The summed E-state index contributed by atoms with van der Waals surface area (Å²) < 4.78 is 40.0. The van der Waals surface area contributed by atoms with E-state index in [1.165, 1.54) is 13.0 Å². The Morgan fingerprint density at radius 1 is 1.07 bits per heavy atom. The molecule has 0 saturated heterocycles. The molecule has 0 saturated carbocycles. The van der Waals surface area contributed by atoms with Crippen molar-refractivity contribution in [1.82, 2.24) is 4.98 Å². The first-order valence-corrected chi connectivity index (χ1v) is 8.08. The number of amides is 2. The molecule has 140 valence electrons. The zero-order valence-corrected chi connectivity index (χ0v) is 14.3. The Kier molecular flexibility index (Phi) is 4.89. The summed E-state index contributed by atoms with van der Waals surface area (Å²) in [5, 5.41) is 5.45. The standard InChI is InChI=1S/C19H16F3N3O2/c1-11(26)24-13-6-7-17(15(9-13)19(20,21)22)25-18(27)8-12-10-23-16-5-3-2-4-14(12)16/h2-7,9-10,23H,8H2,1H3,(H,24,26)(H,25,27). The summed E-state index contributed by atoms with van der Waals surface area (Å²) in [6.45, 7) is 1.20. The molecule has 1 heterocycles. The zero-order valence-electron chi connectivity index (χ0n) is 14.3. The molecule has 1 aromatic heterocycles. The first kappa shape index (κ1) is 18.5. The van der Waals surface area contributed by atoms with Crippen molar-refractivity contribution in [3.05, 3.63) is 59.8 Å². The maximum atomic E-state index is 13.3. The molecule has 0 atom stereocenters. The summed E-state index contributed by atoms with van der Waals surface area (Å²) in [5.41, 5.74) is 0.148. The fourth-order valence-electron chi connectivity index (χ4n) is 2.81. The van der Waals surface area contributed by atoms with E-state index in [-0.39, 0.29) is 17.8 Å². The van der Waals surface area contributed by atoms with Crippen molar-refractivity contribution in [3.63, 3.8) is 0 Å². The molecule has 0 aliphatic heterocycles. The molecule has 2 amide bonds. The van der Waals surface area contributed by atoms with Crippen LogP contribution in [0.15, 0.2) is 48.7 Å². The van der Waals surface area contributed by atoms with Crippen molar-refractivity contribution in [2.75, 3.05) is 10.6 Å². The van der Waals surface area contributed by atoms with Gasteiger partial charge in [-0.3, -0.25) is 9.59 Å². The zero-order chi connectivity index (χ0) is 19.6. The molecule has 2 aromatic carbocycles. The Labute approximate surface area is 152 Å². The molecule has 3 rings (SSSR count). The summed E-state index contributed by atoms with van der Waals surface area (Å²) in [5.74, 6) is -1.06. The molecule has 8 heteroatoms. The van der Waals surface area contributed by atoms with Crippen LogP contribution in [0.3, 0.4) is 0 Å². The van der Waals surface area contributed by atoms with Gasteiger partial charge in [0.1, 0.15) is 0 Å². The smallest absolute Gasteiger partial charge is 0.361 e. The predicted octanol–water partition coefficient (Wildman–Crippen LogP) is 4.33. The van der Waals surface area contributed by atoms with Gasteiger partial charge in [-0.2, -0.15) is 13.2 Å². The maximum absolute atomic E-state index is 13.3. The summed E-state index contributed by atoms with van der Waals surface area (Å²) in [6.07, 6.45) is -3.10. The van der Waals surface area contributed by atoms with Gasteiger partial charge in [0.15, 0.2) is 0 Å². The second kappa shape index (κ2) is 7.14. The highest BCUT2D eigenvalue weighted by Crippen LogP contribution is 2.36. The molecule has 27 heavy (non-hydrogen) atoms. The van der Waals surface area contributed by atoms with Gasteiger partial charge >= 0.3 is 6.18 Å². The molecule has 0 bridgehead atoms. The number of H-pyrrole nitrogens is 1. The molecule has 0 unspecified atom stereocenters. The second-order valence-corrected chi connectivity index (χ2v) is 6.02. The van der Waals surface area contributed by atoms with Crippen molar-refractivity contribution in [1.29, 1.82) is 0 Å². The normalized spacial score (nSPS) is 11.4. The number of para-hydroxylation sites is 1. The van der Waals surface area contributed by atoms with Gasteiger partial charge in [-0.25, -0.2) is 0 Å². The van der Waals surface area contributed by atoms with E-state index >= 15 is 0 Å². The number of benzene rings is 2. The molecule has 3 aromatic rings. The van der Waals surface area contributed by atoms with E-state index < -0.39 is 23.6 Å². The Morgan fingerprint density at radius 2 is 1.81 bits per heavy atom. The SMILES string of the molecule is CC(=O)Nc1ccc(NC(=O)Cc2c[nH]c3ccccc23)c(C(F)(F)F)c1. The molecule has 0 aliphatic rings. The quantitative estimate of drug-likeness (QED) is 0.635. The van der Waals surface area contributed by atoms with Gasteiger partial charge in [0.25, 0.3) is 0 Å². The van der Waals surface area contributed by atoms with E-state index in [1.54, 1.807) is 6.20 Å². The topological polar surface area (TPSA) is 74.0 Å². The molecule has 0 radical (unpaired) electrons. The van der Waals surface area contributed by atoms with Gasteiger partial charge in [-0.15, -0.1) is 0 Å². The van der Waals surface area contributed by atoms with Gasteiger partial charge in [0.05, 0.1) is 17.7 Å². The van der Waals surface area contributed by atoms with Crippen molar-refractivity contribution in [3.8, 4) is 0 Å². The van der Waals surface area contributed by atoms with Crippen molar-refractivity contribution in [2.24, 2.45) is 0 Å². The number of fused-ring (bicyclic) bond motifs is 1. The first-order chi connectivity index (χ1) is 12.7. The van der Waals surface area contributed by atoms with Crippen LogP contribution in [0.5, 0.6) is 0 Å². The van der Waals surface area contributed by atoms with E-state index in [0.29, 0.717) is 5.56 Å². The van der Waals surface area contributed by atoms with E-state index in [0.717, 1.165) is 23.0 Å². The third-order valence-electron chi connectivity index (χ3n) is 3.95. The lowest BCUT2D eigenvalue weighted by molar-refractivity contribution is -0.137. The summed E-state index contributed by atoms with van der Waals surface area (Å²) >= 11 is 0. The highest BCUT2D eigenvalue weighted by atomic mass is 19.4. The van der Waals surface area contributed by atoms with Crippen LogP contribution < -0.4 is 10.6 Å².